The SMILES string of the molecule is Fc1ccc(N2CCC2)cc1-c1nc2ncc(-c3ccccc3)cn2n1. The first-order chi connectivity index (χ1) is 12.8. The van der Waals surface area contributed by atoms with Gasteiger partial charge in [-0.15, -0.1) is 5.10 Å². The van der Waals surface area contributed by atoms with Gasteiger partial charge in [-0.2, -0.15) is 4.98 Å². The van der Waals surface area contributed by atoms with E-state index in [0.717, 1.165) is 29.9 Å². The molecule has 0 radical (unpaired) electrons. The minimum Gasteiger partial charge on any atom is -0.371 e. The van der Waals surface area contributed by atoms with Crippen LogP contribution in [0.15, 0.2) is 60.9 Å². The van der Waals surface area contributed by atoms with Crippen LogP contribution in [0.25, 0.3) is 28.3 Å². The fourth-order valence-corrected chi connectivity index (χ4v) is 3.13. The number of hydrogen-bond donors (Lipinski definition) is 0. The Morgan fingerprint density at radius 1 is 0.962 bits per heavy atom. The lowest BCUT2D eigenvalue weighted by atomic mass is 10.1. The van der Waals surface area contributed by atoms with Crippen molar-refractivity contribution in [1.29, 1.82) is 0 Å². The summed E-state index contributed by atoms with van der Waals surface area (Å²) >= 11 is 0. The van der Waals surface area contributed by atoms with Crippen molar-refractivity contribution >= 4 is 11.5 Å². The highest BCUT2D eigenvalue weighted by Crippen LogP contribution is 2.28. The van der Waals surface area contributed by atoms with E-state index < -0.39 is 0 Å². The van der Waals surface area contributed by atoms with Gasteiger partial charge in [0, 0.05) is 36.7 Å². The normalized spacial score (nSPS) is 13.8. The van der Waals surface area contributed by atoms with Crippen molar-refractivity contribution in [2.75, 3.05) is 18.0 Å². The third kappa shape index (κ3) is 2.50. The molecule has 1 aliphatic rings. The van der Waals surface area contributed by atoms with Gasteiger partial charge in [0.05, 0.1) is 5.56 Å². The van der Waals surface area contributed by atoms with E-state index in [4.69, 9.17) is 0 Å². The second-order valence-electron chi connectivity index (χ2n) is 6.39. The zero-order valence-electron chi connectivity index (χ0n) is 14.0. The lowest BCUT2D eigenvalue weighted by molar-refractivity contribution is 0.611. The zero-order valence-corrected chi connectivity index (χ0v) is 14.0. The summed E-state index contributed by atoms with van der Waals surface area (Å²) in [7, 11) is 0. The predicted molar refractivity (Wildman–Crippen MR) is 98.4 cm³/mol. The molecule has 0 amide bonds. The highest BCUT2D eigenvalue weighted by Gasteiger charge is 2.18. The Kier molecular flexibility index (Phi) is 3.41. The molecule has 0 saturated carbocycles. The molecule has 0 N–H and O–H groups in total. The van der Waals surface area contributed by atoms with Crippen LogP contribution in [0.4, 0.5) is 10.1 Å². The molecule has 0 aliphatic carbocycles. The van der Waals surface area contributed by atoms with Crippen LogP contribution in [0.3, 0.4) is 0 Å². The molecule has 1 saturated heterocycles. The summed E-state index contributed by atoms with van der Waals surface area (Å²) in [5.74, 6) is 0.476. The van der Waals surface area contributed by atoms with Gasteiger partial charge in [-0.3, -0.25) is 0 Å². The highest BCUT2D eigenvalue weighted by molar-refractivity contribution is 5.66. The van der Waals surface area contributed by atoms with Gasteiger partial charge in [0.2, 0.25) is 0 Å². The van der Waals surface area contributed by atoms with Crippen molar-refractivity contribution in [1.82, 2.24) is 19.6 Å². The van der Waals surface area contributed by atoms with Gasteiger partial charge < -0.3 is 4.90 Å². The van der Waals surface area contributed by atoms with Gasteiger partial charge in [-0.1, -0.05) is 30.3 Å². The largest absolute Gasteiger partial charge is 0.371 e. The average molecular weight is 345 g/mol. The second kappa shape index (κ2) is 5.91. The van der Waals surface area contributed by atoms with Crippen LogP contribution in [0.5, 0.6) is 0 Å². The number of halogens is 1. The number of anilines is 1. The van der Waals surface area contributed by atoms with Gasteiger partial charge in [0.25, 0.3) is 5.78 Å². The summed E-state index contributed by atoms with van der Waals surface area (Å²) in [6, 6.07) is 15.1. The molecule has 5 rings (SSSR count). The van der Waals surface area contributed by atoms with Crippen molar-refractivity contribution in [3.8, 4) is 22.5 Å². The van der Waals surface area contributed by atoms with E-state index in [9.17, 15) is 4.39 Å². The quantitative estimate of drug-likeness (QED) is 0.566. The third-order valence-corrected chi connectivity index (χ3v) is 4.71. The molecule has 2 aromatic heterocycles. The summed E-state index contributed by atoms with van der Waals surface area (Å²) < 4.78 is 16.0. The average Bonchev–Trinajstić information content (AvgIpc) is 3.05. The maximum absolute atomic E-state index is 14.4. The monoisotopic (exact) mass is 345 g/mol. The smallest absolute Gasteiger partial charge is 0.252 e. The zero-order chi connectivity index (χ0) is 17.5. The van der Waals surface area contributed by atoms with Crippen LogP contribution < -0.4 is 4.90 Å². The van der Waals surface area contributed by atoms with Crippen molar-refractivity contribution in [3.63, 3.8) is 0 Å². The van der Waals surface area contributed by atoms with Gasteiger partial charge >= 0.3 is 0 Å². The van der Waals surface area contributed by atoms with E-state index in [1.807, 2.05) is 42.6 Å². The van der Waals surface area contributed by atoms with Gasteiger partial charge in [-0.25, -0.2) is 13.9 Å². The maximum atomic E-state index is 14.4. The first-order valence-electron chi connectivity index (χ1n) is 8.61. The van der Waals surface area contributed by atoms with E-state index >= 15 is 0 Å². The number of hydrogen-bond acceptors (Lipinski definition) is 4. The van der Waals surface area contributed by atoms with Crippen LogP contribution >= 0.6 is 0 Å². The molecule has 2 aromatic carbocycles. The summed E-state index contributed by atoms with van der Waals surface area (Å²) in [5, 5.41) is 4.46. The predicted octanol–water partition coefficient (Wildman–Crippen LogP) is 3.81. The van der Waals surface area contributed by atoms with Crippen molar-refractivity contribution in [3.05, 3.63) is 66.7 Å². The van der Waals surface area contributed by atoms with Crippen LogP contribution in [0.2, 0.25) is 0 Å². The molecule has 4 aromatic rings. The molecule has 5 nitrogen and oxygen atoms in total. The van der Waals surface area contributed by atoms with E-state index in [0.29, 0.717) is 17.2 Å². The van der Waals surface area contributed by atoms with Crippen molar-refractivity contribution in [2.45, 2.75) is 6.42 Å². The molecular formula is C20H16FN5. The summed E-state index contributed by atoms with van der Waals surface area (Å²) in [6.45, 7) is 2.01. The van der Waals surface area contributed by atoms with E-state index in [1.165, 1.54) is 12.5 Å². The summed E-state index contributed by atoms with van der Waals surface area (Å²) in [5.41, 5.74) is 3.39. The Morgan fingerprint density at radius 3 is 2.58 bits per heavy atom. The van der Waals surface area contributed by atoms with Gasteiger partial charge in [0.1, 0.15) is 5.82 Å². The first-order valence-corrected chi connectivity index (χ1v) is 8.61. The summed E-state index contributed by atoms with van der Waals surface area (Å²) in [6.07, 6.45) is 4.80. The standard InChI is InChI=1S/C20H16FN5/c21-18-8-7-16(25-9-4-10-25)11-17(18)19-23-20-22-12-15(13-26(20)24-19)14-5-2-1-3-6-14/h1-3,5-8,11-13H,4,9-10H2. The Labute approximate surface area is 149 Å². The van der Waals surface area contributed by atoms with Gasteiger partial charge in [0.15, 0.2) is 5.82 Å². The Bertz CT molecular complexity index is 1090. The minimum atomic E-state index is -0.325. The Hall–Kier alpha value is -3.28. The topological polar surface area (TPSA) is 46.3 Å². The molecule has 0 unspecified atom stereocenters. The number of rotatable bonds is 3. The van der Waals surface area contributed by atoms with Crippen LogP contribution in [-0.2, 0) is 0 Å². The maximum Gasteiger partial charge on any atom is 0.252 e. The first kappa shape index (κ1) is 15.0. The number of nitrogens with zero attached hydrogens (tertiary/aromatic N) is 5. The van der Waals surface area contributed by atoms with E-state index in [1.54, 1.807) is 16.8 Å². The van der Waals surface area contributed by atoms with Crippen LogP contribution in [-0.4, -0.2) is 32.7 Å². The van der Waals surface area contributed by atoms with Crippen LogP contribution in [0, 0.1) is 5.82 Å². The van der Waals surface area contributed by atoms with E-state index in [-0.39, 0.29) is 5.82 Å². The second-order valence-corrected chi connectivity index (χ2v) is 6.39. The van der Waals surface area contributed by atoms with Crippen molar-refractivity contribution < 1.29 is 4.39 Å². The number of benzene rings is 2. The molecular weight excluding hydrogens is 329 g/mol. The van der Waals surface area contributed by atoms with Crippen LogP contribution in [0.1, 0.15) is 6.42 Å². The number of aromatic nitrogens is 4. The molecule has 128 valence electrons. The number of fused-ring (bicyclic) bond motifs is 1. The molecule has 0 bridgehead atoms. The van der Waals surface area contributed by atoms with Gasteiger partial charge in [-0.05, 0) is 30.2 Å². The third-order valence-electron chi connectivity index (χ3n) is 4.71. The molecule has 26 heavy (non-hydrogen) atoms. The fraction of sp³-hybridized carbons (Fsp3) is 0.150. The van der Waals surface area contributed by atoms with Crippen molar-refractivity contribution in [2.24, 2.45) is 0 Å². The molecule has 6 heteroatoms. The van der Waals surface area contributed by atoms with E-state index in [2.05, 4.69) is 20.0 Å². The highest BCUT2D eigenvalue weighted by atomic mass is 19.1. The lowest BCUT2D eigenvalue weighted by Gasteiger charge is -2.33. The fourth-order valence-electron chi connectivity index (χ4n) is 3.13. The summed E-state index contributed by atoms with van der Waals surface area (Å²) in [4.78, 5) is 11.0. The lowest BCUT2D eigenvalue weighted by Crippen LogP contribution is -2.36. The molecule has 3 heterocycles. The molecule has 1 fully saturated rings. The Balaban J connectivity index is 1.58. The molecule has 0 atom stereocenters. The Morgan fingerprint density at radius 2 is 1.81 bits per heavy atom. The molecule has 1 aliphatic heterocycles. The molecule has 0 spiro atoms. The minimum absolute atomic E-state index is 0.325.